The predicted molar refractivity (Wildman–Crippen MR) is 67.3 cm³/mol. The van der Waals surface area contributed by atoms with E-state index in [1.165, 1.54) is 11.1 Å². The Hall–Kier alpha value is -1.16. The first-order valence-corrected chi connectivity index (χ1v) is 5.94. The molecule has 0 aliphatic rings. The number of benzene rings is 1. The van der Waals surface area contributed by atoms with Gasteiger partial charge in [-0.05, 0) is 44.0 Å². The van der Waals surface area contributed by atoms with Crippen LogP contribution in [0.2, 0.25) is 0 Å². The van der Waals surface area contributed by atoms with Crippen molar-refractivity contribution in [2.24, 2.45) is 0 Å². The Balaban J connectivity index is 2.51. The molecule has 0 saturated carbocycles. The topological polar surface area (TPSA) is 30.7 Å². The highest BCUT2D eigenvalue weighted by Crippen LogP contribution is 2.28. The van der Waals surface area contributed by atoms with E-state index in [4.69, 9.17) is 0 Å². The standard InChI is InChI=1S/C12H14BrN3/c1-9-8-10(13)4-5-11(9)12(2,3)16-14-6-7-15-16/h4-8H,1-3H3. The molecule has 16 heavy (non-hydrogen) atoms. The first-order valence-electron chi connectivity index (χ1n) is 5.15. The van der Waals surface area contributed by atoms with Gasteiger partial charge in [-0.25, -0.2) is 0 Å². The minimum atomic E-state index is -0.228. The first-order chi connectivity index (χ1) is 7.51. The molecule has 0 spiro atoms. The largest absolute Gasteiger partial charge is 0.175 e. The van der Waals surface area contributed by atoms with Crippen LogP contribution in [0.25, 0.3) is 0 Å². The van der Waals surface area contributed by atoms with Crippen molar-refractivity contribution in [3.63, 3.8) is 0 Å². The lowest BCUT2D eigenvalue weighted by Crippen LogP contribution is -2.30. The van der Waals surface area contributed by atoms with Crippen LogP contribution in [0.15, 0.2) is 35.1 Å². The van der Waals surface area contributed by atoms with E-state index in [1.54, 1.807) is 17.2 Å². The van der Waals surface area contributed by atoms with Crippen molar-refractivity contribution in [3.8, 4) is 0 Å². The number of nitrogens with zero attached hydrogens (tertiary/aromatic N) is 3. The quantitative estimate of drug-likeness (QED) is 0.846. The van der Waals surface area contributed by atoms with E-state index in [-0.39, 0.29) is 5.54 Å². The van der Waals surface area contributed by atoms with Crippen LogP contribution in [-0.4, -0.2) is 15.0 Å². The zero-order valence-corrected chi connectivity index (χ0v) is 11.2. The van der Waals surface area contributed by atoms with Crippen molar-refractivity contribution >= 4 is 15.9 Å². The van der Waals surface area contributed by atoms with Crippen LogP contribution in [0.5, 0.6) is 0 Å². The highest BCUT2D eigenvalue weighted by atomic mass is 79.9. The molecular formula is C12H14BrN3. The Labute approximate surface area is 104 Å². The van der Waals surface area contributed by atoms with Gasteiger partial charge in [0.2, 0.25) is 0 Å². The Kier molecular flexibility index (Phi) is 2.84. The molecule has 0 aliphatic carbocycles. The minimum absolute atomic E-state index is 0.228. The van der Waals surface area contributed by atoms with Crippen LogP contribution < -0.4 is 0 Å². The molecule has 0 fully saturated rings. The summed E-state index contributed by atoms with van der Waals surface area (Å²) < 4.78 is 1.10. The van der Waals surface area contributed by atoms with Crippen molar-refractivity contribution in [1.82, 2.24) is 15.0 Å². The van der Waals surface area contributed by atoms with Crippen molar-refractivity contribution < 1.29 is 0 Å². The summed E-state index contributed by atoms with van der Waals surface area (Å²) in [7, 11) is 0. The lowest BCUT2D eigenvalue weighted by molar-refractivity contribution is 0.342. The maximum Gasteiger partial charge on any atom is 0.102 e. The molecule has 0 unspecified atom stereocenters. The molecule has 2 rings (SSSR count). The zero-order valence-electron chi connectivity index (χ0n) is 9.61. The predicted octanol–water partition coefficient (Wildman–Crippen LogP) is 3.13. The smallest absolute Gasteiger partial charge is 0.102 e. The number of hydrogen-bond acceptors (Lipinski definition) is 2. The average molecular weight is 280 g/mol. The van der Waals surface area contributed by atoms with E-state index in [2.05, 4.69) is 59.0 Å². The summed E-state index contributed by atoms with van der Waals surface area (Å²) in [5.74, 6) is 0. The highest BCUT2D eigenvalue weighted by Gasteiger charge is 2.26. The maximum absolute atomic E-state index is 4.22. The molecule has 0 bridgehead atoms. The number of aromatic nitrogens is 3. The fourth-order valence-corrected chi connectivity index (χ4v) is 2.40. The minimum Gasteiger partial charge on any atom is -0.175 e. The van der Waals surface area contributed by atoms with Gasteiger partial charge in [0.05, 0.1) is 12.4 Å². The lowest BCUT2D eigenvalue weighted by Gasteiger charge is -2.26. The molecular weight excluding hydrogens is 266 g/mol. The van der Waals surface area contributed by atoms with Gasteiger partial charge in [-0.2, -0.15) is 15.0 Å². The molecule has 0 N–H and O–H groups in total. The van der Waals surface area contributed by atoms with Crippen LogP contribution in [0, 0.1) is 6.92 Å². The Morgan fingerprint density at radius 1 is 1.19 bits per heavy atom. The normalized spacial score (nSPS) is 11.8. The van der Waals surface area contributed by atoms with Crippen LogP contribution in [0.4, 0.5) is 0 Å². The van der Waals surface area contributed by atoms with Crippen LogP contribution in [-0.2, 0) is 5.54 Å². The molecule has 2 aromatic rings. The lowest BCUT2D eigenvalue weighted by atomic mass is 9.91. The number of halogens is 1. The third kappa shape index (κ3) is 1.89. The third-order valence-corrected chi connectivity index (χ3v) is 3.26. The molecule has 1 heterocycles. The van der Waals surface area contributed by atoms with Crippen molar-refractivity contribution in [1.29, 1.82) is 0 Å². The summed E-state index contributed by atoms with van der Waals surface area (Å²) in [6.45, 7) is 6.33. The Morgan fingerprint density at radius 3 is 2.38 bits per heavy atom. The molecule has 0 saturated heterocycles. The SMILES string of the molecule is Cc1cc(Br)ccc1C(C)(C)n1nccn1. The van der Waals surface area contributed by atoms with E-state index >= 15 is 0 Å². The molecule has 4 heteroatoms. The molecule has 0 radical (unpaired) electrons. The monoisotopic (exact) mass is 279 g/mol. The Bertz CT molecular complexity index is 489. The van der Waals surface area contributed by atoms with Crippen LogP contribution in [0.1, 0.15) is 25.0 Å². The summed E-state index contributed by atoms with van der Waals surface area (Å²) >= 11 is 3.47. The van der Waals surface area contributed by atoms with Crippen molar-refractivity contribution in [2.45, 2.75) is 26.3 Å². The molecule has 3 nitrogen and oxygen atoms in total. The van der Waals surface area contributed by atoms with Gasteiger partial charge in [-0.15, -0.1) is 0 Å². The van der Waals surface area contributed by atoms with E-state index in [0.29, 0.717) is 0 Å². The van der Waals surface area contributed by atoms with Gasteiger partial charge < -0.3 is 0 Å². The van der Waals surface area contributed by atoms with Gasteiger partial charge in [0.1, 0.15) is 5.54 Å². The average Bonchev–Trinajstić information content (AvgIpc) is 2.69. The maximum atomic E-state index is 4.22. The summed E-state index contributed by atoms with van der Waals surface area (Å²) in [6, 6.07) is 6.27. The summed E-state index contributed by atoms with van der Waals surface area (Å²) in [4.78, 5) is 1.74. The molecule has 1 aromatic carbocycles. The van der Waals surface area contributed by atoms with Crippen LogP contribution in [0.3, 0.4) is 0 Å². The van der Waals surface area contributed by atoms with E-state index in [9.17, 15) is 0 Å². The summed E-state index contributed by atoms with van der Waals surface area (Å²) in [5.41, 5.74) is 2.23. The highest BCUT2D eigenvalue weighted by molar-refractivity contribution is 9.10. The van der Waals surface area contributed by atoms with Crippen LogP contribution >= 0.6 is 15.9 Å². The summed E-state index contributed by atoms with van der Waals surface area (Å²) in [6.07, 6.45) is 3.41. The van der Waals surface area contributed by atoms with Gasteiger partial charge in [0, 0.05) is 4.47 Å². The fraction of sp³-hybridized carbons (Fsp3) is 0.333. The number of hydrogen-bond donors (Lipinski definition) is 0. The van der Waals surface area contributed by atoms with Gasteiger partial charge in [0.25, 0.3) is 0 Å². The van der Waals surface area contributed by atoms with Crippen molar-refractivity contribution in [3.05, 3.63) is 46.2 Å². The second-order valence-electron chi connectivity index (χ2n) is 4.34. The molecule has 84 valence electrons. The molecule has 0 aliphatic heterocycles. The zero-order chi connectivity index (χ0) is 11.8. The van der Waals surface area contributed by atoms with Gasteiger partial charge in [-0.1, -0.05) is 22.0 Å². The number of aryl methyl sites for hydroxylation is 1. The second kappa shape index (κ2) is 4.01. The summed E-state index contributed by atoms with van der Waals surface area (Å²) in [5, 5.41) is 8.44. The van der Waals surface area contributed by atoms with E-state index in [0.717, 1.165) is 4.47 Å². The van der Waals surface area contributed by atoms with Gasteiger partial charge >= 0.3 is 0 Å². The van der Waals surface area contributed by atoms with Gasteiger partial charge in [-0.3, -0.25) is 0 Å². The molecule has 1 aromatic heterocycles. The van der Waals surface area contributed by atoms with Crippen molar-refractivity contribution in [2.75, 3.05) is 0 Å². The fourth-order valence-electron chi connectivity index (χ4n) is 1.93. The number of rotatable bonds is 2. The van der Waals surface area contributed by atoms with E-state index in [1.807, 2.05) is 6.07 Å². The molecule has 0 atom stereocenters. The molecule has 0 amide bonds. The third-order valence-electron chi connectivity index (χ3n) is 2.77. The van der Waals surface area contributed by atoms with Gasteiger partial charge in [0.15, 0.2) is 0 Å². The second-order valence-corrected chi connectivity index (χ2v) is 5.25. The Morgan fingerprint density at radius 2 is 1.81 bits per heavy atom. The first kappa shape index (κ1) is 11.3. The van der Waals surface area contributed by atoms with E-state index < -0.39 is 0 Å².